The van der Waals surface area contributed by atoms with Gasteiger partial charge in [0.2, 0.25) is 0 Å². The van der Waals surface area contributed by atoms with Gasteiger partial charge in [0.15, 0.2) is 0 Å². The molecule has 0 aliphatic carbocycles. The summed E-state index contributed by atoms with van der Waals surface area (Å²) in [6, 6.07) is 0. The monoisotopic (exact) mass is 227 g/mol. The molecule has 0 spiro atoms. The van der Waals surface area contributed by atoms with Crippen LogP contribution < -0.4 is 5.73 Å². The van der Waals surface area contributed by atoms with Gasteiger partial charge in [-0.1, -0.05) is 0 Å². The fourth-order valence-electron chi connectivity index (χ4n) is 0. The maximum absolute atomic E-state index is 5.06. The van der Waals surface area contributed by atoms with Gasteiger partial charge in [0.05, 0.1) is 0 Å². The average molecular weight is 227 g/mol. The molecule has 0 saturated carbocycles. The van der Waals surface area contributed by atoms with Gasteiger partial charge in [-0.05, 0) is 0 Å². The first-order valence-electron chi connectivity index (χ1n) is 0.993. The van der Waals surface area contributed by atoms with Gasteiger partial charge in [0.1, 0.15) is 0 Å². The summed E-state index contributed by atoms with van der Waals surface area (Å²) in [5.74, 6) is 0. The summed E-state index contributed by atoms with van der Waals surface area (Å²) in [5.41, 5.74) is 5.06. The second kappa shape index (κ2) is 1.80. The van der Waals surface area contributed by atoms with Gasteiger partial charge in [-0.15, -0.1) is 0 Å². The van der Waals surface area contributed by atoms with Gasteiger partial charge in [-0.2, -0.15) is 0 Å². The van der Waals surface area contributed by atoms with Crippen LogP contribution in [0.5, 0.6) is 0 Å². The van der Waals surface area contributed by atoms with Crippen molar-refractivity contribution in [3.63, 3.8) is 0 Å². The molecule has 0 rings (SSSR count). The Morgan fingerprint density at radius 1 is 2.00 bits per heavy atom. The third-order valence-corrected chi connectivity index (χ3v) is 0. The van der Waals surface area contributed by atoms with Crippen LogP contribution in [0.2, 0.25) is 0 Å². The van der Waals surface area contributed by atoms with Crippen molar-refractivity contribution in [1.82, 2.24) is 0 Å². The minimum atomic E-state index is 1.00. The Morgan fingerprint density at radius 2 is 2.00 bits per heavy atom. The molecule has 0 aromatic rings. The van der Waals surface area contributed by atoms with Crippen LogP contribution in [0.25, 0.3) is 0 Å². The molecule has 0 unspecified atom stereocenters. The standard InChI is InChI=1S/C2H5N.W/c1-2-3;/h3H2,1H3;. The zero-order chi connectivity index (χ0) is 3.58. The molecule has 0 fully saturated rings. The van der Waals surface area contributed by atoms with Crippen LogP contribution in [0.15, 0.2) is 0 Å². The summed E-state index contributed by atoms with van der Waals surface area (Å²) >= 11 is 1.37. The van der Waals surface area contributed by atoms with E-state index in [0.29, 0.717) is 0 Å². The molecule has 0 aliphatic rings. The van der Waals surface area contributed by atoms with E-state index in [1.807, 2.05) is 6.92 Å². The summed E-state index contributed by atoms with van der Waals surface area (Å²) in [5, 5.41) is 0. The van der Waals surface area contributed by atoms with Gasteiger partial charge in [0, 0.05) is 0 Å². The molecule has 0 atom stereocenters. The molecule has 0 bridgehead atoms. The molecular weight excluding hydrogens is 222 g/mol. The van der Waals surface area contributed by atoms with Crippen molar-refractivity contribution in [2.45, 2.75) is 6.92 Å². The first-order valence-corrected chi connectivity index (χ1v) is 2.46. The van der Waals surface area contributed by atoms with Gasteiger partial charge in [0.25, 0.3) is 0 Å². The minimum absolute atomic E-state index is 1.00. The molecule has 0 aromatic carbocycles. The van der Waals surface area contributed by atoms with E-state index in [-0.39, 0.29) is 0 Å². The molecule has 2 heteroatoms. The van der Waals surface area contributed by atoms with Crippen LogP contribution in [0.1, 0.15) is 6.92 Å². The van der Waals surface area contributed by atoms with E-state index in [0.717, 1.165) is 4.02 Å². The number of rotatable bonds is 0. The molecule has 0 aromatic heterocycles. The summed E-state index contributed by atoms with van der Waals surface area (Å²) in [6.45, 7) is 1.90. The van der Waals surface area contributed by atoms with Crippen LogP contribution in [-0.4, -0.2) is 4.02 Å². The molecule has 0 saturated heterocycles. The van der Waals surface area contributed by atoms with Gasteiger partial charge in [-0.3, -0.25) is 0 Å². The Bertz CT molecular complexity index is 29.0. The van der Waals surface area contributed by atoms with Gasteiger partial charge >= 0.3 is 36.0 Å². The zero-order valence-corrected chi connectivity index (χ0v) is 5.42. The normalized spacial score (nSPS) is 6.50. The van der Waals surface area contributed by atoms with Crippen molar-refractivity contribution in [3.8, 4) is 0 Å². The Hall–Kier alpha value is 0.518. The van der Waals surface area contributed by atoms with E-state index < -0.39 is 0 Å². The third-order valence-electron chi connectivity index (χ3n) is 0. The van der Waals surface area contributed by atoms with E-state index >= 15 is 0 Å². The van der Waals surface area contributed by atoms with Crippen molar-refractivity contribution in [3.05, 3.63) is 0 Å². The first-order chi connectivity index (χ1) is 1.73. The van der Waals surface area contributed by atoms with Crippen molar-refractivity contribution in [2.24, 2.45) is 5.73 Å². The number of hydrogen-bond donors (Lipinski definition) is 1. The van der Waals surface area contributed by atoms with Crippen molar-refractivity contribution >= 4 is 4.02 Å². The van der Waals surface area contributed by atoms with Gasteiger partial charge < -0.3 is 0 Å². The molecule has 1 nitrogen and oxygen atoms in total. The average Bonchev–Trinajstić information content (AvgIpc) is 0.811. The second-order valence-electron chi connectivity index (χ2n) is 0.611. The van der Waals surface area contributed by atoms with Crippen LogP contribution in [-0.2, 0) is 19.4 Å². The van der Waals surface area contributed by atoms with Gasteiger partial charge in [-0.25, -0.2) is 0 Å². The predicted molar refractivity (Wildman–Crippen MR) is 14.9 cm³/mol. The summed E-state index contributed by atoms with van der Waals surface area (Å²) in [7, 11) is 0. The molecule has 24 valence electrons. The molecule has 0 radical (unpaired) electrons. The molecular formula is C2H5NW. The fraction of sp³-hybridized carbons (Fsp3) is 0.500. The van der Waals surface area contributed by atoms with E-state index in [4.69, 9.17) is 5.73 Å². The molecule has 0 amide bonds. The van der Waals surface area contributed by atoms with Crippen molar-refractivity contribution < 1.29 is 19.4 Å². The summed E-state index contributed by atoms with van der Waals surface area (Å²) < 4.78 is 1.00. The molecule has 0 aliphatic heterocycles. The Morgan fingerprint density at radius 3 is 2.00 bits per heavy atom. The van der Waals surface area contributed by atoms with E-state index in [9.17, 15) is 0 Å². The fourth-order valence-corrected chi connectivity index (χ4v) is 0. The molecule has 0 heterocycles. The van der Waals surface area contributed by atoms with E-state index in [1.165, 1.54) is 19.4 Å². The first kappa shape index (κ1) is 4.52. The predicted octanol–water partition coefficient (Wildman–Crippen LogP) is -0.358. The van der Waals surface area contributed by atoms with Crippen LogP contribution in [0.3, 0.4) is 0 Å². The molecule has 2 N–H and O–H groups in total. The zero-order valence-electron chi connectivity index (χ0n) is 2.49. The quantitative estimate of drug-likeness (QED) is 0.600. The molecule has 4 heavy (non-hydrogen) atoms. The Kier molecular flexibility index (Phi) is 2.04. The van der Waals surface area contributed by atoms with Crippen LogP contribution in [0, 0.1) is 0 Å². The maximum atomic E-state index is 5.06. The van der Waals surface area contributed by atoms with Crippen LogP contribution >= 0.6 is 0 Å². The Labute approximate surface area is 36.6 Å². The summed E-state index contributed by atoms with van der Waals surface area (Å²) in [4.78, 5) is 0. The van der Waals surface area contributed by atoms with E-state index in [1.54, 1.807) is 0 Å². The van der Waals surface area contributed by atoms with Crippen molar-refractivity contribution in [1.29, 1.82) is 0 Å². The SMILES string of the molecule is C[C](N)=[W]. The van der Waals surface area contributed by atoms with Crippen molar-refractivity contribution in [2.75, 3.05) is 0 Å². The third kappa shape index (κ3) is 21.6. The van der Waals surface area contributed by atoms with E-state index in [2.05, 4.69) is 0 Å². The number of hydrogen-bond acceptors (Lipinski definition) is 1. The Balaban J connectivity index is 2.80. The van der Waals surface area contributed by atoms with Crippen LogP contribution in [0.4, 0.5) is 0 Å². The topological polar surface area (TPSA) is 26.0 Å². The second-order valence-corrected chi connectivity index (χ2v) is 2.92. The summed E-state index contributed by atoms with van der Waals surface area (Å²) in [6.07, 6.45) is 0. The number of nitrogens with two attached hydrogens (primary N) is 1.